The fourth-order valence-electron chi connectivity index (χ4n) is 2.00. The van der Waals surface area contributed by atoms with Gasteiger partial charge in [0.2, 0.25) is 0 Å². The number of nitrogens with zero attached hydrogens (tertiary/aromatic N) is 1. The Morgan fingerprint density at radius 1 is 1.42 bits per heavy atom. The van der Waals surface area contributed by atoms with Crippen molar-refractivity contribution in [2.45, 2.75) is 26.0 Å². The Morgan fingerprint density at radius 3 is 3.16 bits per heavy atom. The van der Waals surface area contributed by atoms with Gasteiger partial charge >= 0.3 is 0 Å². The molecule has 0 radical (unpaired) electrons. The second kappa shape index (κ2) is 7.09. The third-order valence-electron chi connectivity index (χ3n) is 3.02. The first kappa shape index (κ1) is 13.8. The van der Waals surface area contributed by atoms with E-state index in [-0.39, 0.29) is 5.82 Å². The van der Waals surface area contributed by atoms with Crippen LogP contribution in [0.2, 0.25) is 0 Å². The zero-order valence-corrected chi connectivity index (χ0v) is 11.2. The first-order chi connectivity index (χ1) is 9.29. The Morgan fingerprint density at radius 2 is 2.32 bits per heavy atom. The summed E-state index contributed by atoms with van der Waals surface area (Å²) >= 11 is 0. The molecule has 2 rings (SSSR count). The molecule has 1 aromatic carbocycles. The van der Waals surface area contributed by atoms with E-state index in [1.807, 2.05) is 6.07 Å². The van der Waals surface area contributed by atoms with Gasteiger partial charge in [0.05, 0.1) is 6.61 Å². The number of hydrogen-bond donors (Lipinski definition) is 2. The van der Waals surface area contributed by atoms with Crippen molar-refractivity contribution in [1.82, 2.24) is 10.6 Å². The second-order valence-corrected chi connectivity index (χ2v) is 4.58. The molecule has 0 unspecified atom stereocenters. The van der Waals surface area contributed by atoms with Crippen LogP contribution in [0.25, 0.3) is 0 Å². The minimum atomic E-state index is -0.226. The largest absolute Gasteiger partial charge is 0.380 e. The van der Waals surface area contributed by atoms with Gasteiger partial charge in [-0.1, -0.05) is 6.07 Å². The van der Waals surface area contributed by atoms with E-state index in [0.717, 1.165) is 37.5 Å². The van der Waals surface area contributed by atoms with Crippen molar-refractivity contribution in [2.75, 3.05) is 20.2 Å². The third-order valence-corrected chi connectivity index (χ3v) is 3.02. The molecule has 0 spiro atoms. The highest BCUT2D eigenvalue weighted by Gasteiger charge is 2.05. The molecule has 0 aliphatic carbocycles. The van der Waals surface area contributed by atoms with Crippen molar-refractivity contribution in [1.29, 1.82) is 0 Å². The van der Waals surface area contributed by atoms with Gasteiger partial charge in [0, 0.05) is 32.3 Å². The standard InChI is InChI=1S/C14H20FN3O/c1-19-10-12-8-11(4-5-13(12)15)9-18-14-16-6-2-3-7-17-14/h4-5,8H,2-3,6-7,9-10H2,1H3,(H2,16,17,18). The Kier molecular flexibility index (Phi) is 5.15. The summed E-state index contributed by atoms with van der Waals surface area (Å²) in [7, 11) is 1.56. The lowest BCUT2D eigenvalue weighted by molar-refractivity contribution is 0.181. The molecule has 1 heterocycles. The molecule has 0 amide bonds. The zero-order valence-electron chi connectivity index (χ0n) is 11.2. The summed E-state index contributed by atoms with van der Waals surface area (Å²) in [5, 5.41) is 6.49. The molecule has 1 aliphatic heterocycles. The fourth-order valence-corrected chi connectivity index (χ4v) is 2.00. The van der Waals surface area contributed by atoms with Crippen molar-refractivity contribution in [3.63, 3.8) is 0 Å². The zero-order chi connectivity index (χ0) is 13.5. The summed E-state index contributed by atoms with van der Waals surface area (Å²) < 4.78 is 18.4. The lowest BCUT2D eigenvalue weighted by Gasteiger charge is -2.11. The summed E-state index contributed by atoms with van der Waals surface area (Å²) in [4.78, 5) is 4.41. The van der Waals surface area contributed by atoms with E-state index in [1.165, 1.54) is 6.07 Å². The summed E-state index contributed by atoms with van der Waals surface area (Å²) in [6, 6.07) is 5.08. The first-order valence-electron chi connectivity index (χ1n) is 6.58. The smallest absolute Gasteiger partial charge is 0.191 e. The van der Waals surface area contributed by atoms with Crippen LogP contribution < -0.4 is 10.6 Å². The fraction of sp³-hybridized carbons (Fsp3) is 0.500. The van der Waals surface area contributed by atoms with Crippen molar-refractivity contribution in [3.05, 3.63) is 35.1 Å². The Hall–Kier alpha value is -1.62. The number of guanidine groups is 1. The van der Waals surface area contributed by atoms with Crippen molar-refractivity contribution >= 4 is 5.96 Å². The number of rotatable bonds is 4. The van der Waals surface area contributed by atoms with Gasteiger partial charge in [0.25, 0.3) is 0 Å². The molecule has 5 heteroatoms. The van der Waals surface area contributed by atoms with Crippen LogP contribution in [0.5, 0.6) is 0 Å². The number of halogens is 1. The molecule has 2 N–H and O–H groups in total. The molecular weight excluding hydrogens is 245 g/mol. The summed E-state index contributed by atoms with van der Waals surface area (Å²) in [6.07, 6.45) is 2.26. The minimum absolute atomic E-state index is 0.226. The lowest BCUT2D eigenvalue weighted by atomic mass is 10.1. The average Bonchev–Trinajstić information content (AvgIpc) is 2.68. The van der Waals surface area contributed by atoms with Crippen molar-refractivity contribution < 1.29 is 9.13 Å². The maximum Gasteiger partial charge on any atom is 0.191 e. The van der Waals surface area contributed by atoms with E-state index in [9.17, 15) is 4.39 Å². The molecule has 0 fully saturated rings. The Bertz CT molecular complexity index is 448. The lowest BCUT2D eigenvalue weighted by Crippen LogP contribution is -2.36. The molecule has 0 aromatic heterocycles. The SMILES string of the molecule is COCc1cc(CNC2=NCCCCN2)ccc1F. The van der Waals surface area contributed by atoms with E-state index in [1.54, 1.807) is 13.2 Å². The highest BCUT2D eigenvalue weighted by Crippen LogP contribution is 2.11. The molecule has 0 saturated heterocycles. The molecule has 1 aliphatic rings. The molecule has 1 aromatic rings. The van der Waals surface area contributed by atoms with Gasteiger partial charge < -0.3 is 15.4 Å². The quantitative estimate of drug-likeness (QED) is 0.872. The summed E-state index contributed by atoms with van der Waals surface area (Å²) in [5.74, 6) is 0.602. The highest BCUT2D eigenvalue weighted by molar-refractivity contribution is 5.79. The van der Waals surface area contributed by atoms with E-state index < -0.39 is 0 Å². The Labute approximate surface area is 113 Å². The van der Waals surface area contributed by atoms with Crippen LogP contribution in [-0.2, 0) is 17.9 Å². The predicted octanol–water partition coefficient (Wildman–Crippen LogP) is 1.80. The number of methoxy groups -OCH3 is 1. The summed E-state index contributed by atoms with van der Waals surface area (Å²) in [6.45, 7) is 2.72. The summed E-state index contributed by atoms with van der Waals surface area (Å²) in [5.41, 5.74) is 1.60. The Balaban J connectivity index is 1.95. The second-order valence-electron chi connectivity index (χ2n) is 4.58. The molecular formula is C14H20FN3O. The maximum absolute atomic E-state index is 13.5. The third kappa shape index (κ3) is 4.21. The first-order valence-corrected chi connectivity index (χ1v) is 6.58. The molecule has 104 valence electrons. The minimum Gasteiger partial charge on any atom is -0.380 e. The van der Waals surface area contributed by atoms with Gasteiger partial charge in [-0.3, -0.25) is 4.99 Å². The topological polar surface area (TPSA) is 45.6 Å². The van der Waals surface area contributed by atoms with Crippen LogP contribution in [0, 0.1) is 5.82 Å². The van der Waals surface area contributed by atoms with Gasteiger partial charge in [0.15, 0.2) is 5.96 Å². The maximum atomic E-state index is 13.5. The van der Waals surface area contributed by atoms with Crippen LogP contribution in [0.3, 0.4) is 0 Å². The van der Waals surface area contributed by atoms with E-state index in [0.29, 0.717) is 18.7 Å². The monoisotopic (exact) mass is 265 g/mol. The molecule has 0 bridgehead atoms. The molecule has 0 saturated carbocycles. The van der Waals surface area contributed by atoms with Gasteiger partial charge in [-0.15, -0.1) is 0 Å². The number of aliphatic imine (C=N–C) groups is 1. The van der Waals surface area contributed by atoms with Crippen molar-refractivity contribution in [3.8, 4) is 0 Å². The van der Waals surface area contributed by atoms with E-state index >= 15 is 0 Å². The van der Waals surface area contributed by atoms with Crippen LogP contribution in [0.15, 0.2) is 23.2 Å². The molecule has 19 heavy (non-hydrogen) atoms. The van der Waals surface area contributed by atoms with Crippen LogP contribution in [0.4, 0.5) is 4.39 Å². The van der Waals surface area contributed by atoms with Crippen LogP contribution in [-0.4, -0.2) is 26.2 Å². The van der Waals surface area contributed by atoms with E-state index in [2.05, 4.69) is 15.6 Å². The number of nitrogens with one attached hydrogen (secondary N) is 2. The van der Waals surface area contributed by atoms with Gasteiger partial charge in [0.1, 0.15) is 5.82 Å². The normalized spacial score (nSPS) is 15.4. The molecule has 4 nitrogen and oxygen atoms in total. The van der Waals surface area contributed by atoms with Gasteiger partial charge in [-0.25, -0.2) is 4.39 Å². The average molecular weight is 265 g/mol. The van der Waals surface area contributed by atoms with Crippen LogP contribution >= 0.6 is 0 Å². The van der Waals surface area contributed by atoms with Gasteiger partial charge in [-0.2, -0.15) is 0 Å². The van der Waals surface area contributed by atoms with E-state index in [4.69, 9.17) is 4.74 Å². The van der Waals surface area contributed by atoms with Gasteiger partial charge in [-0.05, 0) is 30.5 Å². The van der Waals surface area contributed by atoms with Crippen molar-refractivity contribution in [2.24, 2.45) is 4.99 Å². The predicted molar refractivity (Wildman–Crippen MR) is 73.5 cm³/mol. The number of ether oxygens (including phenoxy) is 1. The highest BCUT2D eigenvalue weighted by atomic mass is 19.1. The molecule has 0 atom stereocenters. The number of benzene rings is 1. The van der Waals surface area contributed by atoms with Crippen LogP contribution in [0.1, 0.15) is 24.0 Å². The number of hydrogen-bond acceptors (Lipinski definition) is 4.